The second-order valence-electron chi connectivity index (χ2n) is 5.19. The molecule has 0 saturated heterocycles. The van der Waals surface area contributed by atoms with Gasteiger partial charge in [-0.3, -0.25) is 4.79 Å². The molecule has 2 rings (SSSR count). The Morgan fingerprint density at radius 2 is 2.05 bits per heavy atom. The summed E-state index contributed by atoms with van der Waals surface area (Å²) in [5, 5.41) is 1.87. The fraction of sp³-hybridized carbons (Fsp3) is 0.400. The normalized spacial score (nSPS) is 11.0. The number of hydrogen-bond acceptors (Lipinski definition) is 5. The number of aryl methyl sites for hydroxylation is 1. The lowest BCUT2D eigenvalue weighted by molar-refractivity contribution is 0.0607. The minimum Gasteiger partial charge on any atom is -0.465 e. The van der Waals surface area contributed by atoms with Gasteiger partial charge in [-0.25, -0.2) is 9.78 Å². The van der Waals surface area contributed by atoms with Crippen LogP contribution in [0.25, 0.3) is 11.3 Å². The molecule has 0 amide bonds. The van der Waals surface area contributed by atoms with Gasteiger partial charge < -0.3 is 9.72 Å². The maximum absolute atomic E-state index is 12.1. The lowest BCUT2D eigenvalue weighted by atomic mass is 10.0. The molecule has 0 atom stereocenters. The van der Waals surface area contributed by atoms with Crippen LogP contribution in [0.2, 0.25) is 0 Å². The van der Waals surface area contributed by atoms with Gasteiger partial charge in [0.05, 0.1) is 12.8 Å². The number of rotatable bonds is 3. The first-order valence-electron chi connectivity index (χ1n) is 6.64. The van der Waals surface area contributed by atoms with Crippen LogP contribution >= 0.6 is 11.3 Å². The second kappa shape index (κ2) is 5.81. The predicted molar refractivity (Wildman–Crippen MR) is 83.1 cm³/mol. The Morgan fingerprint density at radius 3 is 2.62 bits per heavy atom. The topological polar surface area (TPSA) is 72.0 Å². The maximum Gasteiger partial charge on any atom is 0.348 e. The Bertz CT molecular complexity index is 744. The summed E-state index contributed by atoms with van der Waals surface area (Å²) in [7, 11) is 1.35. The molecule has 2 aromatic rings. The molecular formula is C15H18N2O3S. The van der Waals surface area contributed by atoms with Crippen molar-refractivity contribution in [3.63, 3.8) is 0 Å². The molecule has 0 saturated carbocycles. The van der Waals surface area contributed by atoms with Gasteiger partial charge in [-0.15, -0.1) is 11.3 Å². The fourth-order valence-corrected chi connectivity index (χ4v) is 3.02. The quantitative estimate of drug-likeness (QED) is 0.885. The van der Waals surface area contributed by atoms with Gasteiger partial charge >= 0.3 is 5.97 Å². The number of carbonyl (C=O) groups excluding carboxylic acids is 1. The fourth-order valence-electron chi connectivity index (χ4n) is 2.05. The predicted octanol–water partition coefficient (Wildman–Crippen LogP) is 3.03. The smallest absolute Gasteiger partial charge is 0.348 e. The summed E-state index contributed by atoms with van der Waals surface area (Å²) in [6, 6.07) is 0. The number of methoxy groups -OCH3 is 1. The first kappa shape index (κ1) is 15.4. The number of aromatic amines is 1. The Kier molecular flexibility index (Phi) is 4.27. The van der Waals surface area contributed by atoms with Crippen molar-refractivity contribution < 1.29 is 9.53 Å². The highest BCUT2D eigenvalue weighted by Crippen LogP contribution is 2.33. The van der Waals surface area contributed by atoms with E-state index in [1.807, 2.05) is 26.2 Å². The zero-order valence-electron chi connectivity index (χ0n) is 12.7. The largest absolute Gasteiger partial charge is 0.465 e. The minimum absolute atomic E-state index is 0.0950. The number of carbonyl (C=O) groups is 1. The van der Waals surface area contributed by atoms with E-state index in [1.165, 1.54) is 18.4 Å². The maximum atomic E-state index is 12.1. The summed E-state index contributed by atoms with van der Waals surface area (Å²) in [5.74, 6) is 0.301. The molecule has 0 aliphatic carbocycles. The molecule has 1 N–H and O–H groups in total. The molecule has 5 nitrogen and oxygen atoms in total. The van der Waals surface area contributed by atoms with Gasteiger partial charge in [0.15, 0.2) is 0 Å². The summed E-state index contributed by atoms with van der Waals surface area (Å²) < 4.78 is 4.82. The highest BCUT2D eigenvalue weighted by Gasteiger charge is 2.22. The number of nitrogens with one attached hydrogen (secondary N) is 1. The molecular weight excluding hydrogens is 288 g/mol. The Hall–Kier alpha value is -1.95. The molecule has 2 heterocycles. The number of H-pyrrole nitrogens is 1. The molecule has 6 heteroatoms. The van der Waals surface area contributed by atoms with E-state index in [1.54, 1.807) is 6.92 Å². The van der Waals surface area contributed by atoms with Crippen molar-refractivity contribution in [2.75, 3.05) is 7.11 Å². The summed E-state index contributed by atoms with van der Waals surface area (Å²) in [6.45, 7) is 7.53. The van der Waals surface area contributed by atoms with Gasteiger partial charge in [0, 0.05) is 17.0 Å². The van der Waals surface area contributed by atoms with Crippen LogP contribution in [-0.2, 0) is 4.74 Å². The monoisotopic (exact) mass is 306 g/mol. The van der Waals surface area contributed by atoms with E-state index in [0.29, 0.717) is 27.5 Å². The Balaban J connectivity index is 2.76. The molecule has 2 aromatic heterocycles. The number of esters is 1. The van der Waals surface area contributed by atoms with E-state index in [0.717, 1.165) is 5.56 Å². The van der Waals surface area contributed by atoms with Gasteiger partial charge in [0.25, 0.3) is 5.56 Å². The van der Waals surface area contributed by atoms with E-state index >= 15 is 0 Å². The highest BCUT2D eigenvalue weighted by molar-refractivity contribution is 7.12. The lowest BCUT2D eigenvalue weighted by Gasteiger charge is -2.11. The van der Waals surface area contributed by atoms with Crippen molar-refractivity contribution in [2.45, 2.75) is 33.6 Å². The van der Waals surface area contributed by atoms with Crippen LogP contribution in [-0.4, -0.2) is 23.0 Å². The van der Waals surface area contributed by atoms with Gasteiger partial charge in [-0.05, 0) is 24.8 Å². The molecule has 21 heavy (non-hydrogen) atoms. The minimum atomic E-state index is -0.407. The van der Waals surface area contributed by atoms with Gasteiger partial charge in [-0.2, -0.15) is 0 Å². The number of nitrogens with zero attached hydrogens (tertiary/aromatic N) is 1. The van der Waals surface area contributed by atoms with Crippen LogP contribution in [0.5, 0.6) is 0 Å². The van der Waals surface area contributed by atoms with Crippen molar-refractivity contribution in [3.8, 4) is 11.3 Å². The number of hydrogen-bond donors (Lipinski definition) is 1. The second-order valence-corrected chi connectivity index (χ2v) is 6.07. The molecule has 0 radical (unpaired) electrons. The van der Waals surface area contributed by atoms with Crippen LogP contribution in [0.15, 0.2) is 10.2 Å². The van der Waals surface area contributed by atoms with E-state index in [-0.39, 0.29) is 11.5 Å². The van der Waals surface area contributed by atoms with Crippen LogP contribution in [0.1, 0.15) is 46.4 Å². The number of ether oxygens (including phenoxy) is 1. The third-order valence-electron chi connectivity index (χ3n) is 3.30. The van der Waals surface area contributed by atoms with E-state index in [9.17, 15) is 9.59 Å². The van der Waals surface area contributed by atoms with E-state index in [4.69, 9.17) is 4.74 Å². The van der Waals surface area contributed by atoms with Crippen LogP contribution in [0, 0.1) is 13.8 Å². The molecule has 0 aliphatic rings. The summed E-state index contributed by atoms with van der Waals surface area (Å²) in [4.78, 5) is 31.8. The zero-order valence-corrected chi connectivity index (χ0v) is 13.6. The number of aromatic nitrogens is 2. The standard InChI is InChI=1S/C15H18N2O3S/c1-7(2)13-16-11(9(4)14(18)17-13)10-8(3)6-21-12(10)15(19)20-5/h6-7H,1-5H3,(H,16,17,18). The Morgan fingerprint density at radius 1 is 1.38 bits per heavy atom. The van der Waals surface area contributed by atoms with Gasteiger partial charge in [0.2, 0.25) is 0 Å². The van der Waals surface area contributed by atoms with Crippen molar-refractivity contribution in [1.82, 2.24) is 9.97 Å². The molecule has 0 spiro atoms. The average molecular weight is 306 g/mol. The van der Waals surface area contributed by atoms with Crippen LogP contribution in [0.3, 0.4) is 0 Å². The van der Waals surface area contributed by atoms with E-state index in [2.05, 4.69) is 9.97 Å². The first-order valence-corrected chi connectivity index (χ1v) is 7.52. The summed E-state index contributed by atoms with van der Waals surface area (Å²) in [5.41, 5.74) is 2.49. The summed E-state index contributed by atoms with van der Waals surface area (Å²) >= 11 is 1.31. The molecule has 0 unspecified atom stereocenters. The van der Waals surface area contributed by atoms with Crippen molar-refractivity contribution in [2.24, 2.45) is 0 Å². The Labute approximate surface area is 127 Å². The molecule has 112 valence electrons. The van der Waals surface area contributed by atoms with E-state index < -0.39 is 5.97 Å². The zero-order chi connectivity index (χ0) is 15.7. The first-order chi connectivity index (χ1) is 9.86. The van der Waals surface area contributed by atoms with Crippen molar-refractivity contribution >= 4 is 17.3 Å². The molecule has 0 fully saturated rings. The average Bonchev–Trinajstić information content (AvgIpc) is 2.82. The van der Waals surface area contributed by atoms with Gasteiger partial charge in [0.1, 0.15) is 10.7 Å². The summed E-state index contributed by atoms with van der Waals surface area (Å²) in [6.07, 6.45) is 0. The highest BCUT2D eigenvalue weighted by atomic mass is 32.1. The molecule has 0 aliphatic heterocycles. The van der Waals surface area contributed by atoms with Crippen LogP contribution in [0.4, 0.5) is 0 Å². The third-order valence-corrected chi connectivity index (χ3v) is 4.38. The van der Waals surface area contributed by atoms with Crippen molar-refractivity contribution in [1.29, 1.82) is 0 Å². The SMILES string of the molecule is COC(=O)c1scc(C)c1-c1nc(C(C)C)[nH]c(=O)c1C. The third kappa shape index (κ3) is 2.76. The molecule has 0 bridgehead atoms. The number of thiophene rings is 1. The molecule has 0 aromatic carbocycles. The van der Waals surface area contributed by atoms with Crippen LogP contribution < -0.4 is 5.56 Å². The van der Waals surface area contributed by atoms with Crippen molar-refractivity contribution in [3.05, 3.63) is 37.6 Å². The lowest BCUT2D eigenvalue weighted by Crippen LogP contribution is -2.17. The van der Waals surface area contributed by atoms with Gasteiger partial charge in [-0.1, -0.05) is 13.8 Å².